The Morgan fingerprint density at radius 2 is 1.59 bits per heavy atom. The second-order valence-corrected chi connectivity index (χ2v) is 7.63. The van der Waals surface area contributed by atoms with Crippen molar-refractivity contribution < 1.29 is 13.5 Å². The van der Waals surface area contributed by atoms with E-state index >= 15 is 0 Å². The number of hydrogen-bond donors (Lipinski definition) is 2. The van der Waals surface area contributed by atoms with E-state index in [1.807, 2.05) is 12.1 Å². The first-order chi connectivity index (χ1) is 12.9. The Morgan fingerprint density at radius 1 is 1.00 bits per heavy atom. The molecule has 0 saturated heterocycles. The van der Waals surface area contributed by atoms with Crippen molar-refractivity contribution in [2.24, 2.45) is 0 Å². The second-order valence-electron chi connectivity index (χ2n) is 5.94. The van der Waals surface area contributed by atoms with Crippen molar-refractivity contribution >= 4 is 15.8 Å². The van der Waals surface area contributed by atoms with Gasteiger partial charge in [0.1, 0.15) is 5.82 Å². The fourth-order valence-electron chi connectivity index (χ4n) is 2.50. The molecule has 0 unspecified atom stereocenters. The molecule has 6 nitrogen and oxygen atoms in total. The number of nitriles is 1. The molecule has 27 heavy (non-hydrogen) atoms. The summed E-state index contributed by atoms with van der Waals surface area (Å²) >= 11 is 0. The zero-order chi connectivity index (χ0) is 19.4. The molecule has 0 bridgehead atoms. The summed E-state index contributed by atoms with van der Waals surface area (Å²) < 4.78 is 27.5. The van der Waals surface area contributed by atoms with Crippen molar-refractivity contribution in [2.75, 3.05) is 4.72 Å². The summed E-state index contributed by atoms with van der Waals surface area (Å²) in [6.07, 6.45) is -0.791. The number of sulfonamides is 1. The van der Waals surface area contributed by atoms with Gasteiger partial charge >= 0.3 is 0 Å². The van der Waals surface area contributed by atoms with Crippen LogP contribution in [0.5, 0.6) is 0 Å². The highest BCUT2D eigenvalue weighted by Gasteiger charge is 2.15. The standard InChI is InChI=1S/C20H17N3O3S/c1-14(24)19-3-2-4-20(22-19)23-27(25,26)18-11-9-17(10-12-18)16-7-5-15(13-21)6-8-16/h2-12,14,24H,1H3,(H,22,23)/t14-/m1/s1. The number of nitrogens with one attached hydrogen (secondary N) is 1. The van der Waals surface area contributed by atoms with Crippen LogP contribution < -0.4 is 4.72 Å². The van der Waals surface area contributed by atoms with Gasteiger partial charge in [-0.05, 0) is 54.4 Å². The van der Waals surface area contributed by atoms with Gasteiger partial charge in [-0.25, -0.2) is 13.4 Å². The summed E-state index contributed by atoms with van der Waals surface area (Å²) in [5.41, 5.74) is 2.67. The third-order valence-corrected chi connectivity index (χ3v) is 5.32. The van der Waals surface area contributed by atoms with Crippen LogP contribution >= 0.6 is 0 Å². The number of benzene rings is 2. The molecule has 2 aromatic carbocycles. The first kappa shape index (κ1) is 18.6. The molecule has 1 aromatic heterocycles. The lowest BCUT2D eigenvalue weighted by Crippen LogP contribution is -2.14. The van der Waals surface area contributed by atoms with Gasteiger partial charge in [0.25, 0.3) is 10.0 Å². The van der Waals surface area contributed by atoms with E-state index in [4.69, 9.17) is 5.26 Å². The van der Waals surface area contributed by atoms with Gasteiger partial charge in [0, 0.05) is 0 Å². The Bertz CT molecular complexity index is 1080. The van der Waals surface area contributed by atoms with Gasteiger partial charge in [0.05, 0.1) is 28.3 Å². The molecule has 136 valence electrons. The number of aliphatic hydroxyl groups excluding tert-OH is 1. The number of aliphatic hydroxyl groups is 1. The molecular formula is C20H17N3O3S. The van der Waals surface area contributed by atoms with Crippen LogP contribution in [-0.2, 0) is 10.0 Å². The fourth-order valence-corrected chi connectivity index (χ4v) is 3.50. The molecule has 7 heteroatoms. The third kappa shape index (κ3) is 4.31. The molecule has 1 heterocycles. The van der Waals surface area contributed by atoms with E-state index in [-0.39, 0.29) is 10.7 Å². The van der Waals surface area contributed by atoms with E-state index in [2.05, 4.69) is 15.8 Å². The number of pyridine rings is 1. The smallest absolute Gasteiger partial charge is 0.263 e. The summed E-state index contributed by atoms with van der Waals surface area (Å²) in [6, 6.07) is 20.3. The van der Waals surface area contributed by atoms with Gasteiger partial charge < -0.3 is 5.11 Å². The first-order valence-electron chi connectivity index (χ1n) is 8.17. The van der Waals surface area contributed by atoms with Crippen LogP contribution in [0.2, 0.25) is 0 Å². The molecule has 0 aliphatic rings. The van der Waals surface area contributed by atoms with Crippen LogP contribution in [-0.4, -0.2) is 18.5 Å². The van der Waals surface area contributed by atoms with Gasteiger partial charge in [0.15, 0.2) is 0 Å². The molecule has 2 N–H and O–H groups in total. The molecular weight excluding hydrogens is 362 g/mol. The van der Waals surface area contributed by atoms with Crippen LogP contribution in [0.1, 0.15) is 24.3 Å². The summed E-state index contributed by atoms with van der Waals surface area (Å²) in [6.45, 7) is 1.56. The van der Waals surface area contributed by atoms with Gasteiger partial charge in [-0.2, -0.15) is 5.26 Å². The maximum Gasteiger partial charge on any atom is 0.263 e. The van der Waals surface area contributed by atoms with Crippen molar-refractivity contribution in [3.63, 3.8) is 0 Å². The molecule has 0 spiro atoms. The Kier molecular flexibility index (Phi) is 5.21. The van der Waals surface area contributed by atoms with E-state index in [0.717, 1.165) is 11.1 Å². The van der Waals surface area contributed by atoms with Gasteiger partial charge in [-0.15, -0.1) is 0 Å². The molecule has 3 rings (SSSR count). The SMILES string of the molecule is C[C@@H](O)c1cccc(NS(=O)(=O)c2ccc(-c3ccc(C#N)cc3)cc2)n1. The van der Waals surface area contributed by atoms with E-state index in [0.29, 0.717) is 11.3 Å². The minimum atomic E-state index is -3.80. The van der Waals surface area contributed by atoms with Crippen LogP contribution in [0.25, 0.3) is 11.1 Å². The first-order valence-corrected chi connectivity index (χ1v) is 9.66. The fraction of sp³-hybridized carbons (Fsp3) is 0.100. The normalized spacial score (nSPS) is 12.2. The zero-order valence-corrected chi connectivity index (χ0v) is 15.3. The van der Waals surface area contributed by atoms with Crippen LogP contribution in [0.3, 0.4) is 0 Å². The molecule has 0 radical (unpaired) electrons. The minimum Gasteiger partial charge on any atom is -0.387 e. The van der Waals surface area contributed by atoms with Crippen molar-refractivity contribution in [1.29, 1.82) is 5.26 Å². The summed E-state index contributed by atoms with van der Waals surface area (Å²) in [5.74, 6) is 0.143. The molecule has 0 aliphatic heterocycles. The molecule has 0 fully saturated rings. The van der Waals surface area contributed by atoms with Gasteiger partial charge in [0.2, 0.25) is 0 Å². The lowest BCUT2D eigenvalue weighted by Gasteiger charge is -2.10. The maximum atomic E-state index is 12.6. The van der Waals surface area contributed by atoms with Gasteiger partial charge in [-0.3, -0.25) is 4.72 Å². The van der Waals surface area contributed by atoms with Crippen molar-refractivity contribution in [1.82, 2.24) is 4.98 Å². The minimum absolute atomic E-state index is 0.101. The predicted octanol–water partition coefficient (Wildman–Crippen LogP) is 3.47. The van der Waals surface area contributed by atoms with E-state index in [1.165, 1.54) is 18.2 Å². The highest BCUT2D eigenvalue weighted by Crippen LogP contribution is 2.23. The zero-order valence-electron chi connectivity index (χ0n) is 14.5. The third-order valence-electron chi connectivity index (χ3n) is 3.95. The molecule has 1 atom stereocenters. The Morgan fingerprint density at radius 3 is 2.15 bits per heavy atom. The maximum absolute atomic E-state index is 12.6. The summed E-state index contributed by atoms with van der Waals surface area (Å²) in [4.78, 5) is 4.20. The van der Waals surface area contributed by atoms with Gasteiger partial charge in [-0.1, -0.05) is 30.3 Å². The highest BCUT2D eigenvalue weighted by molar-refractivity contribution is 7.92. The van der Waals surface area contributed by atoms with Crippen LogP contribution in [0.15, 0.2) is 71.6 Å². The number of hydrogen-bond acceptors (Lipinski definition) is 5. The molecule has 0 amide bonds. The van der Waals surface area contributed by atoms with E-state index < -0.39 is 16.1 Å². The van der Waals surface area contributed by atoms with E-state index in [9.17, 15) is 13.5 Å². The lowest BCUT2D eigenvalue weighted by atomic mass is 10.0. The van der Waals surface area contributed by atoms with Crippen LogP contribution in [0.4, 0.5) is 5.82 Å². The highest BCUT2D eigenvalue weighted by atomic mass is 32.2. The largest absolute Gasteiger partial charge is 0.387 e. The molecule has 0 saturated carbocycles. The number of aromatic nitrogens is 1. The lowest BCUT2D eigenvalue weighted by molar-refractivity contribution is 0.194. The van der Waals surface area contributed by atoms with Crippen molar-refractivity contribution in [2.45, 2.75) is 17.9 Å². The van der Waals surface area contributed by atoms with E-state index in [1.54, 1.807) is 43.3 Å². The van der Waals surface area contributed by atoms with Crippen LogP contribution in [0, 0.1) is 11.3 Å². The molecule has 3 aromatic rings. The predicted molar refractivity (Wildman–Crippen MR) is 102 cm³/mol. The average Bonchev–Trinajstić information content (AvgIpc) is 2.68. The number of anilines is 1. The summed E-state index contributed by atoms with van der Waals surface area (Å²) in [7, 11) is -3.80. The Hall–Kier alpha value is -3.21. The topological polar surface area (TPSA) is 103 Å². The number of nitrogens with zero attached hydrogens (tertiary/aromatic N) is 2. The number of rotatable bonds is 5. The van der Waals surface area contributed by atoms with Crippen molar-refractivity contribution in [3.05, 3.63) is 78.0 Å². The average molecular weight is 379 g/mol. The quantitative estimate of drug-likeness (QED) is 0.706. The second kappa shape index (κ2) is 7.58. The Balaban J connectivity index is 1.83. The van der Waals surface area contributed by atoms with Crippen molar-refractivity contribution in [3.8, 4) is 17.2 Å². The Labute approximate surface area is 157 Å². The monoisotopic (exact) mass is 379 g/mol. The molecule has 0 aliphatic carbocycles. The summed E-state index contributed by atoms with van der Waals surface area (Å²) in [5, 5.41) is 18.4.